The topological polar surface area (TPSA) is 46.6 Å². The fourth-order valence-electron chi connectivity index (χ4n) is 2.75. The van der Waals surface area contributed by atoms with Crippen LogP contribution in [0.2, 0.25) is 0 Å². The smallest absolute Gasteiger partial charge is 0.337 e. The third-order valence-electron chi connectivity index (χ3n) is 4.12. The zero-order valence-corrected chi connectivity index (χ0v) is 11.0. The van der Waals surface area contributed by atoms with Crippen LogP contribution in [0, 0.1) is 5.92 Å². The first kappa shape index (κ1) is 12.2. The van der Waals surface area contributed by atoms with Crippen molar-refractivity contribution in [3.63, 3.8) is 0 Å². The Morgan fingerprint density at radius 3 is 2.74 bits per heavy atom. The van der Waals surface area contributed by atoms with Crippen molar-refractivity contribution in [3.8, 4) is 0 Å². The van der Waals surface area contributed by atoms with Gasteiger partial charge in [0.25, 0.3) is 0 Å². The van der Waals surface area contributed by atoms with Gasteiger partial charge in [0.15, 0.2) is 0 Å². The normalized spacial score (nSPS) is 17.8. The molecule has 0 bridgehead atoms. The standard InChI is InChI=1S/C15H17NO3/c1-19-15(18)12-5-6-13-11(9-12)7-8-16(13)14(17)10-3-2-4-10/h5-6,9-10H,2-4,7-8H2,1H3. The summed E-state index contributed by atoms with van der Waals surface area (Å²) in [5.74, 6) is 0.133. The maximum Gasteiger partial charge on any atom is 0.337 e. The van der Waals surface area contributed by atoms with Gasteiger partial charge in [0.1, 0.15) is 0 Å². The average molecular weight is 259 g/mol. The van der Waals surface area contributed by atoms with E-state index in [1.165, 1.54) is 13.5 Å². The molecule has 4 heteroatoms. The van der Waals surface area contributed by atoms with Crippen molar-refractivity contribution in [2.24, 2.45) is 5.92 Å². The van der Waals surface area contributed by atoms with Crippen molar-refractivity contribution in [3.05, 3.63) is 29.3 Å². The summed E-state index contributed by atoms with van der Waals surface area (Å²) >= 11 is 0. The first-order chi connectivity index (χ1) is 9.20. The highest BCUT2D eigenvalue weighted by Crippen LogP contribution is 2.34. The lowest BCUT2D eigenvalue weighted by Gasteiger charge is -2.29. The molecule has 1 aromatic carbocycles. The Morgan fingerprint density at radius 2 is 2.11 bits per heavy atom. The summed E-state index contributed by atoms with van der Waals surface area (Å²) in [7, 11) is 1.38. The molecule has 1 aromatic rings. The number of fused-ring (bicyclic) bond motifs is 1. The largest absolute Gasteiger partial charge is 0.465 e. The molecule has 1 aliphatic carbocycles. The molecule has 3 rings (SSSR count). The lowest BCUT2D eigenvalue weighted by Crippen LogP contribution is -2.37. The van der Waals surface area contributed by atoms with Gasteiger partial charge in [0.05, 0.1) is 12.7 Å². The first-order valence-corrected chi connectivity index (χ1v) is 6.73. The molecule has 0 radical (unpaired) electrons. The summed E-state index contributed by atoms with van der Waals surface area (Å²) in [5, 5.41) is 0. The van der Waals surface area contributed by atoms with Gasteiger partial charge in [-0.1, -0.05) is 6.42 Å². The fourth-order valence-corrected chi connectivity index (χ4v) is 2.75. The highest BCUT2D eigenvalue weighted by atomic mass is 16.5. The summed E-state index contributed by atoms with van der Waals surface area (Å²) in [6, 6.07) is 5.44. The van der Waals surface area contributed by atoms with Crippen molar-refractivity contribution in [1.82, 2.24) is 0 Å². The molecule has 19 heavy (non-hydrogen) atoms. The van der Waals surface area contributed by atoms with E-state index in [0.717, 1.165) is 37.1 Å². The Balaban J connectivity index is 1.85. The molecule has 4 nitrogen and oxygen atoms in total. The number of ether oxygens (including phenoxy) is 1. The van der Waals surface area contributed by atoms with Gasteiger partial charge < -0.3 is 9.64 Å². The molecule has 0 saturated heterocycles. The van der Waals surface area contributed by atoms with Crippen LogP contribution in [0.15, 0.2) is 18.2 Å². The lowest BCUT2D eigenvalue weighted by molar-refractivity contribution is -0.124. The molecular formula is C15H17NO3. The number of amides is 1. The zero-order valence-electron chi connectivity index (χ0n) is 11.0. The molecule has 0 unspecified atom stereocenters. The molecule has 1 aliphatic heterocycles. The predicted octanol–water partition coefficient (Wildman–Crippen LogP) is 2.16. The van der Waals surface area contributed by atoms with Crippen LogP contribution >= 0.6 is 0 Å². The summed E-state index contributed by atoms with van der Waals surface area (Å²) in [6.45, 7) is 0.731. The molecule has 100 valence electrons. The van der Waals surface area contributed by atoms with E-state index in [1.807, 2.05) is 17.0 Å². The Kier molecular flexibility index (Phi) is 3.01. The summed E-state index contributed by atoms with van der Waals surface area (Å²) < 4.78 is 4.72. The Bertz CT molecular complexity index is 534. The molecule has 1 heterocycles. The minimum atomic E-state index is -0.327. The van der Waals surface area contributed by atoms with E-state index < -0.39 is 0 Å². The number of methoxy groups -OCH3 is 1. The summed E-state index contributed by atoms with van der Waals surface area (Å²) in [5.41, 5.74) is 2.58. The van der Waals surface area contributed by atoms with Crippen molar-refractivity contribution in [1.29, 1.82) is 0 Å². The molecule has 0 atom stereocenters. The minimum Gasteiger partial charge on any atom is -0.465 e. The predicted molar refractivity (Wildman–Crippen MR) is 71.2 cm³/mol. The second kappa shape index (κ2) is 4.68. The van der Waals surface area contributed by atoms with E-state index in [2.05, 4.69) is 0 Å². The van der Waals surface area contributed by atoms with E-state index in [4.69, 9.17) is 4.74 Å². The summed E-state index contributed by atoms with van der Waals surface area (Å²) in [6.07, 6.45) is 4.02. The fraction of sp³-hybridized carbons (Fsp3) is 0.467. The molecule has 2 aliphatic rings. The molecule has 1 fully saturated rings. The van der Waals surface area contributed by atoms with Crippen LogP contribution in [0.4, 0.5) is 5.69 Å². The average Bonchev–Trinajstić information content (AvgIpc) is 2.78. The van der Waals surface area contributed by atoms with E-state index in [9.17, 15) is 9.59 Å². The van der Waals surface area contributed by atoms with Crippen molar-refractivity contribution in [2.45, 2.75) is 25.7 Å². The summed E-state index contributed by atoms with van der Waals surface area (Å²) in [4.78, 5) is 25.7. The molecular weight excluding hydrogens is 242 g/mol. The number of hydrogen-bond acceptors (Lipinski definition) is 3. The maximum absolute atomic E-state index is 12.3. The quantitative estimate of drug-likeness (QED) is 0.765. The second-order valence-corrected chi connectivity index (χ2v) is 5.20. The van der Waals surface area contributed by atoms with Gasteiger partial charge in [0.2, 0.25) is 5.91 Å². The Morgan fingerprint density at radius 1 is 1.32 bits per heavy atom. The maximum atomic E-state index is 12.3. The van der Waals surface area contributed by atoms with Crippen LogP contribution < -0.4 is 4.90 Å². The molecule has 1 amide bonds. The Hall–Kier alpha value is -1.84. The zero-order chi connectivity index (χ0) is 13.4. The number of carbonyl (C=O) groups excluding carboxylic acids is 2. The number of hydrogen-bond donors (Lipinski definition) is 0. The molecule has 0 spiro atoms. The van der Waals surface area contributed by atoms with E-state index in [0.29, 0.717) is 5.56 Å². The van der Waals surface area contributed by atoms with Gasteiger partial charge in [-0.15, -0.1) is 0 Å². The van der Waals surface area contributed by atoms with Crippen LogP contribution in [0.3, 0.4) is 0 Å². The molecule has 1 saturated carbocycles. The SMILES string of the molecule is COC(=O)c1ccc2c(c1)CCN2C(=O)C1CCC1. The molecule has 0 N–H and O–H groups in total. The number of esters is 1. The van der Waals surface area contributed by atoms with Crippen LogP contribution in [0.5, 0.6) is 0 Å². The minimum absolute atomic E-state index is 0.214. The van der Waals surface area contributed by atoms with Crippen LogP contribution in [0.25, 0.3) is 0 Å². The third-order valence-corrected chi connectivity index (χ3v) is 4.12. The number of carbonyl (C=O) groups is 2. The van der Waals surface area contributed by atoms with E-state index >= 15 is 0 Å². The lowest BCUT2D eigenvalue weighted by atomic mass is 9.84. The van der Waals surface area contributed by atoms with Gasteiger partial charge in [-0.2, -0.15) is 0 Å². The van der Waals surface area contributed by atoms with Gasteiger partial charge in [0, 0.05) is 18.2 Å². The molecule has 0 aromatic heterocycles. The van der Waals surface area contributed by atoms with Gasteiger partial charge >= 0.3 is 5.97 Å². The van der Waals surface area contributed by atoms with Gasteiger partial charge in [-0.05, 0) is 43.0 Å². The van der Waals surface area contributed by atoms with Gasteiger partial charge in [-0.3, -0.25) is 4.79 Å². The van der Waals surface area contributed by atoms with E-state index in [-0.39, 0.29) is 17.8 Å². The number of nitrogens with zero attached hydrogens (tertiary/aromatic N) is 1. The van der Waals surface area contributed by atoms with Crippen LogP contribution in [0.1, 0.15) is 35.2 Å². The first-order valence-electron chi connectivity index (χ1n) is 6.73. The van der Waals surface area contributed by atoms with E-state index in [1.54, 1.807) is 6.07 Å². The van der Waals surface area contributed by atoms with Crippen molar-refractivity contribution < 1.29 is 14.3 Å². The van der Waals surface area contributed by atoms with Crippen LogP contribution in [-0.2, 0) is 16.0 Å². The van der Waals surface area contributed by atoms with Gasteiger partial charge in [-0.25, -0.2) is 4.79 Å². The monoisotopic (exact) mass is 259 g/mol. The highest BCUT2D eigenvalue weighted by molar-refractivity contribution is 5.98. The number of rotatable bonds is 2. The second-order valence-electron chi connectivity index (χ2n) is 5.20. The Labute approximate surface area is 112 Å². The third kappa shape index (κ3) is 2.01. The van der Waals surface area contributed by atoms with Crippen molar-refractivity contribution in [2.75, 3.05) is 18.6 Å². The number of anilines is 1. The highest BCUT2D eigenvalue weighted by Gasteiger charge is 2.33. The van der Waals surface area contributed by atoms with Crippen LogP contribution in [-0.4, -0.2) is 25.5 Å². The number of benzene rings is 1. The van der Waals surface area contributed by atoms with Crippen molar-refractivity contribution >= 4 is 17.6 Å².